The third-order valence-electron chi connectivity index (χ3n) is 2.52. The summed E-state index contributed by atoms with van der Waals surface area (Å²) in [6.07, 6.45) is 1.81. The number of nitrogens with zero attached hydrogens (tertiary/aromatic N) is 2. The SMILES string of the molecule is CCNc1nc(-c2ccc(C)c(Cl)c2)ncc1I. The van der Waals surface area contributed by atoms with Crippen molar-refractivity contribution < 1.29 is 0 Å². The lowest BCUT2D eigenvalue weighted by Gasteiger charge is -2.08. The molecule has 2 rings (SSSR count). The van der Waals surface area contributed by atoms with Gasteiger partial charge >= 0.3 is 0 Å². The van der Waals surface area contributed by atoms with E-state index in [9.17, 15) is 0 Å². The van der Waals surface area contributed by atoms with Crippen LogP contribution in [0.15, 0.2) is 24.4 Å². The molecule has 0 saturated carbocycles. The Morgan fingerprint density at radius 2 is 2.17 bits per heavy atom. The molecule has 0 aliphatic heterocycles. The van der Waals surface area contributed by atoms with Crippen LogP contribution in [0.2, 0.25) is 5.02 Å². The number of halogens is 2. The number of hydrogen-bond donors (Lipinski definition) is 1. The van der Waals surface area contributed by atoms with Gasteiger partial charge in [-0.05, 0) is 48.1 Å². The van der Waals surface area contributed by atoms with Crippen LogP contribution in [0.25, 0.3) is 11.4 Å². The lowest BCUT2D eigenvalue weighted by atomic mass is 10.1. The van der Waals surface area contributed by atoms with E-state index in [1.165, 1.54) is 0 Å². The van der Waals surface area contributed by atoms with Gasteiger partial charge in [-0.15, -0.1) is 0 Å². The Morgan fingerprint density at radius 3 is 2.83 bits per heavy atom. The number of anilines is 1. The largest absolute Gasteiger partial charge is 0.369 e. The van der Waals surface area contributed by atoms with Crippen molar-refractivity contribution in [3.63, 3.8) is 0 Å². The van der Waals surface area contributed by atoms with Crippen LogP contribution in [-0.4, -0.2) is 16.5 Å². The standard InChI is InChI=1S/C13H13ClIN3/c1-3-16-13-11(15)7-17-12(18-13)9-5-4-8(2)10(14)6-9/h4-7H,3H2,1-2H3,(H,16,17,18). The molecule has 0 radical (unpaired) electrons. The van der Waals surface area contributed by atoms with Gasteiger partial charge in [0.25, 0.3) is 0 Å². The molecule has 1 aromatic carbocycles. The lowest BCUT2D eigenvalue weighted by molar-refractivity contribution is 1.10. The quantitative estimate of drug-likeness (QED) is 0.822. The van der Waals surface area contributed by atoms with Gasteiger partial charge < -0.3 is 5.32 Å². The van der Waals surface area contributed by atoms with Crippen molar-refractivity contribution in [2.24, 2.45) is 0 Å². The zero-order valence-corrected chi connectivity index (χ0v) is 13.1. The van der Waals surface area contributed by atoms with E-state index >= 15 is 0 Å². The molecule has 0 spiro atoms. The molecule has 0 saturated heterocycles. The first kappa shape index (κ1) is 13.5. The van der Waals surface area contributed by atoms with Gasteiger partial charge in [-0.3, -0.25) is 0 Å². The highest BCUT2D eigenvalue weighted by Crippen LogP contribution is 2.24. The summed E-state index contributed by atoms with van der Waals surface area (Å²) in [5.74, 6) is 1.55. The summed E-state index contributed by atoms with van der Waals surface area (Å²) in [5.41, 5.74) is 1.99. The molecule has 1 N–H and O–H groups in total. The fourth-order valence-corrected chi connectivity index (χ4v) is 2.16. The summed E-state index contributed by atoms with van der Waals surface area (Å²) < 4.78 is 1.01. The van der Waals surface area contributed by atoms with Crippen molar-refractivity contribution in [3.8, 4) is 11.4 Å². The van der Waals surface area contributed by atoms with Gasteiger partial charge in [0.05, 0.1) is 3.57 Å². The molecule has 0 bridgehead atoms. The van der Waals surface area contributed by atoms with Crippen LogP contribution in [0, 0.1) is 10.5 Å². The maximum absolute atomic E-state index is 6.12. The van der Waals surface area contributed by atoms with Crippen LogP contribution in [0.1, 0.15) is 12.5 Å². The van der Waals surface area contributed by atoms with E-state index < -0.39 is 0 Å². The molecule has 0 aliphatic carbocycles. The van der Waals surface area contributed by atoms with Crippen molar-refractivity contribution in [2.45, 2.75) is 13.8 Å². The molecule has 0 fully saturated rings. The van der Waals surface area contributed by atoms with Crippen molar-refractivity contribution in [2.75, 3.05) is 11.9 Å². The number of benzene rings is 1. The number of hydrogen-bond acceptors (Lipinski definition) is 3. The zero-order valence-electron chi connectivity index (χ0n) is 10.2. The predicted molar refractivity (Wildman–Crippen MR) is 84.1 cm³/mol. The summed E-state index contributed by atoms with van der Waals surface area (Å²) >= 11 is 8.34. The summed E-state index contributed by atoms with van der Waals surface area (Å²) in [6.45, 7) is 4.85. The lowest BCUT2D eigenvalue weighted by Crippen LogP contribution is -2.03. The highest BCUT2D eigenvalue weighted by Gasteiger charge is 2.07. The molecule has 94 valence electrons. The first-order chi connectivity index (χ1) is 8.61. The van der Waals surface area contributed by atoms with E-state index in [0.717, 1.165) is 32.1 Å². The number of aryl methyl sites for hydroxylation is 1. The molecule has 1 aromatic heterocycles. The van der Waals surface area contributed by atoms with Crippen molar-refractivity contribution in [1.82, 2.24) is 9.97 Å². The van der Waals surface area contributed by atoms with Crippen molar-refractivity contribution in [1.29, 1.82) is 0 Å². The molecule has 0 aliphatic rings. The van der Waals surface area contributed by atoms with Crippen LogP contribution in [-0.2, 0) is 0 Å². The maximum Gasteiger partial charge on any atom is 0.161 e. The normalized spacial score (nSPS) is 10.4. The average Bonchev–Trinajstić information content (AvgIpc) is 2.36. The van der Waals surface area contributed by atoms with Gasteiger partial charge in [-0.2, -0.15) is 0 Å². The highest BCUT2D eigenvalue weighted by molar-refractivity contribution is 14.1. The van der Waals surface area contributed by atoms with Crippen molar-refractivity contribution >= 4 is 40.0 Å². The molecule has 2 aromatic rings. The second kappa shape index (κ2) is 5.84. The van der Waals surface area contributed by atoms with Crippen LogP contribution < -0.4 is 5.32 Å². The van der Waals surface area contributed by atoms with Crippen LogP contribution in [0.3, 0.4) is 0 Å². The molecule has 0 amide bonds. The van der Waals surface area contributed by atoms with E-state index in [1.54, 1.807) is 0 Å². The minimum atomic E-state index is 0.688. The Kier molecular flexibility index (Phi) is 4.40. The Hall–Kier alpha value is -0.880. The van der Waals surface area contributed by atoms with E-state index in [1.807, 2.05) is 38.2 Å². The summed E-state index contributed by atoms with van der Waals surface area (Å²) in [5, 5.41) is 3.96. The fraction of sp³-hybridized carbons (Fsp3) is 0.231. The molecule has 0 atom stereocenters. The van der Waals surface area contributed by atoms with Gasteiger partial charge in [0.2, 0.25) is 0 Å². The number of nitrogens with one attached hydrogen (secondary N) is 1. The first-order valence-corrected chi connectivity index (χ1v) is 7.10. The van der Waals surface area contributed by atoms with Crippen LogP contribution >= 0.6 is 34.2 Å². The van der Waals surface area contributed by atoms with Crippen LogP contribution in [0.4, 0.5) is 5.82 Å². The smallest absolute Gasteiger partial charge is 0.161 e. The van der Waals surface area contributed by atoms with Crippen LogP contribution in [0.5, 0.6) is 0 Å². The Morgan fingerprint density at radius 1 is 1.39 bits per heavy atom. The third kappa shape index (κ3) is 2.92. The maximum atomic E-state index is 6.12. The van der Waals surface area contributed by atoms with E-state index in [0.29, 0.717) is 5.82 Å². The minimum Gasteiger partial charge on any atom is -0.369 e. The Labute approximate surface area is 125 Å². The number of aromatic nitrogens is 2. The second-order valence-corrected chi connectivity index (χ2v) is 5.45. The second-order valence-electron chi connectivity index (χ2n) is 3.88. The number of rotatable bonds is 3. The first-order valence-electron chi connectivity index (χ1n) is 5.64. The molecule has 3 nitrogen and oxygen atoms in total. The molecular formula is C13H13ClIN3. The van der Waals surface area contributed by atoms with Gasteiger partial charge in [-0.25, -0.2) is 9.97 Å². The minimum absolute atomic E-state index is 0.688. The molecule has 5 heteroatoms. The fourth-order valence-electron chi connectivity index (χ4n) is 1.53. The van der Waals surface area contributed by atoms with Gasteiger partial charge in [0.1, 0.15) is 5.82 Å². The average molecular weight is 374 g/mol. The molecule has 1 heterocycles. The predicted octanol–water partition coefficient (Wildman–Crippen LogP) is 4.14. The Bertz CT molecular complexity index is 572. The monoisotopic (exact) mass is 373 g/mol. The molecule has 18 heavy (non-hydrogen) atoms. The van der Waals surface area contributed by atoms with E-state index in [4.69, 9.17) is 11.6 Å². The van der Waals surface area contributed by atoms with E-state index in [-0.39, 0.29) is 0 Å². The topological polar surface area (TPSA) is 37.8 Å². The molecular weight excluding hydrogens is 361 g/mol. The summed E-state index contributed by atoms with van der Waals surface area (Å²) in [6, 6.07) is 5.86. The van der Waals surface area contributed by atoms with E-state index in [2.05, 4.69) is 37.9 Å². The third-order valence-corrected chi connectivity index (χ3v) is 3.71. The van der Waals surface area contributed by atoms with Gasteiger partial charge in [-0.1, -0.05) is 23.7 Å². The highest BCUT2D eigenvalue weighted by atomic mass is 127. The zero-order chi connectivity index (χ0) is 13.1. The summed E-state index contributed by atoms with van der Waals surface area (Å²) in [7, 11) is 0. The summed E-state index contributed by atoms with van der Waals surface area (Å²) in [4.78, 5) is 8.86. The molecule has 0 unspecified atom stereocenters. The Balaban J connectivity index is 2.44. The van der Waals surface area contributed by atoms with Crippen molar-refractivity contribution in [3.05, 3.63) is 38.6 Å². The van der Waals surface area contributed by atoms with Gasteiger partial charge in [0.15, 0.2) is 5.82 Å². The van der Waals surface area contributed by atoms with Gasteiger partial charge in [0, 0.05) is 23.3 Å².